The van der Waals surface area contributed by atoms with Gasteiger partial charge in [0, 0.05) is 29.6 Å². The van der Waals surface area contributed by atoms with Crippen LogP contribution in [0.3, 0.4) is 0 Å². The zero-order chi connectivity index (χ0) is 23.6. The Morgan fingerprint density at radius 3 is 2.52 bits per heavy atom. The largest absolute Gasteiger partial charge is 0.491 e. The van der Waals surface area contributed by atoms with E-state index in [2.05, 4.69) is 0 Å². The Hall–Kier alpha value is -3.10. The maximum atomic E-state index is 12.4. The van der Waals surface area contributed by atoms with Crippen LogP contribution in [0.25, 0.3) is 6.08 Å². The number of alkyl halides is 3. The Labute approximate surface area is 177 Å². The SMILES string of the molecule is CC(n1cc(C(=O)O)c(=O)cc1/C=C1\C=CC=C(OCCC(F)(F)F)C1=N)C(C)(C)C. The smallest absolute Gasteiger partial charge is 0.392 e. The topological polar surface area (TPSA) is 92.4 Å². The standard InChI is InChI=1S/C22H25F3N2O4/c1-13(21(2,3)4)27-12-16(20(29)30)17(28)11-15(27)10-14-6-5-7-18(19(14)26)31-9-8-22(23,24)25/h5-7,10-13,26H,8-9H2,1-4H3,(H,29,30)/b14-10+,26-19?. The summed E-state index contributed by atoms with van der Waals surface area (Å²) in [4.78, 5) is 23.7. The van der Waals surface area contributed by atoms with Crippen molar-refractivity contribution in [2.45, 2.75) is 46.3 Å². The van der Waals surface area contributed by atoms with E-state index in [4.69, 9.17) is 10.1 Å². The summed E-state index contributed by atoms with van der Waals surface area (Å²) in [5.41, 5.74) is -0.766. The van der Waals surface area contributed by atoms with Gasteiger partial charge in [-0.15, -0.1) is 0 Å². The molecule has 0 fully saturated rings. The van der Waals surface area contributed by atoms with E-state index in [1.807, 2.05) is 27.7 Å². The molecule has 31 heavy (non-hydrogen) atoms. The molecule has 2 rings (SSSR count). The fraction of sp³-hybridized carbons (Fsp3) is 0.409. The molecular weight excluding hydrogens is 413 g/mol. The van der Waals surface area contributed by atoms with Gasteiger partial charge in [-0.1, -0.05) is 32.9 Å². The molecule has 9 heteroatoms. The second-order valence-corrected chi connectivity index (χ2v) is 8.31. The molecular formula is C22H25F3N2O4. The Morgan fingerprint density at radius 2 is 1.97 bits per heavy atom. The van der Waals surface area contributed by atoms with E-state index in [0.29, 0.717) is 11.3 Å². The summed E-state index contributed by atoms with van der Waals surface area (Å²) >= 11 is 0. The average Bonchev–Trinajstić information content (AvgIpc) is 2.62. The molecule has 0 aliphatic heterocycles. The van der Waals surface area contributed by atoms with Crippen LogP contribution < -0.4 is 5.43 Å². The molecule has 0 bridgehead atoms. The van der Waals surface area contributed by atoms with Gasteiger partial charge in [0.2, 0.25) is 0 Å². The summed E-state index contributed by atoms with van der Waals surface area (Å²) in [6, 6.07) is 0.973. The lowest BCUT2D eigenvalue weighted by Gasteiger charge is -2.31. The maximum Gasteiger partial charge on any atom is 0.392 e. The minimum Gasteiger partial charge on any atom is -0.491 e. The summed E-state index contributed by atoms with van der Waals surface area (Å²) in [5.74, 6) is -1.36. The van der Waals surface area contributed by atoms with Crippen LogP contribution in [-0.4, -0.2) is 34.1 Å². The lowest BCUT2D eigenvalue weighted by molar-refractivity contribution is -0.142. The van der Waals surface area contributed by atoms with Gasteiger partial charge in [0.05, 0.1) is 13.0 Å². The third-order valence-electron chi connectivity index (χ3n) is 5.02. The zero-order valence-corrected chi connectivity index (χ0v) is 17.7. The van der Waals surface area contributed by atoms with Gasteiger partial charge in [-0.05, 0) is 24.5 Å². The van der Waals surface area contributed by atoms with Crippen molar-refractivity contribution < 1.29 is 27.8 Å². The first-order chi connectivity index (χ1) is 14.2. The lowest BCUT2D eigenvalue weighted by atomic mass is 9.87. The predicted molar refractivity (Wildman–Crippen MR) is 111 cm³/mol. The van der Waals surface area contributed by atoms with Gasteiger partial charge in [-0.25, -0.2) is 4.79 Å². The van der Waals surface area contributed by atoms with Gasteiger partial charge in [-0.3, -0.25) is 10.2 Å². The number of carboxylic acids is 1. The third-order valence-corrected chi connectivity index (χ3v) is 5.02. The van der Waals surface area contributed by atoms with Crippen molar-refractivity contribution >= 4 is 17.8 Å². The van der Waals surface area contributed by atoms with Gasteiger partial charge in [0.1, 0.15) is 17.0 Å². The number of carboxylic acid groups (broad SMARTS) is 1. The monoisotopic (exact) mass is 438 g/mol. The van der Waals surface area contributed by atoms with Crippen LogP contribution in [0.15, 0.2) is 46.6 Å². The molecule has 0 radical (unpaired) electrons. The van der Waals surface area contributed by atoms with Gasteiger partial charge < -0.3 is 14.4 Å². The van der Waals surface area contributed by atoms with Crippen LogP contribution in [0.4, 0.5) is 13.2 Å². The molecule has 1 aromatic rings. The number of aromatic carboxylic acids is 1. The minimum absolute atomic E-state index is 0.0158. The number of aromatic nitrogens is 1. The molecule has 0 saturated heterocycles. The van der Waals surface area contributed by atoms with E-state index in [0.717, 1.165) is 0 Å². The number of rotatable bonds is 6. The zero-order valence-electron chi connectivity index (χ0n) is 17.7. The first-order valence-electron chi connectivity index (χ1n) is 9.59. The summed E-state index contributed by atoms with van der Waals surface area (Å²) < 4.78 is 43.9. The molecule has 1 aliphatic rings. The molecule has 1 aliphatic carbocycles. The Balaban J connectivity index is 2.44. The number of carbonyl (C=O) groups is 1. The average molecular weight is 438 g/mol. The van der Waals surface area contributed by atoms with Crippen LogP contribution >= 0.6 is 0 Å². The number of hydrogen-bond acceptors (Lipinski definition) is 4. The summed E-state index contributed by atoms with van der Waals surface area (Å²) in [6.07, 6.45) is 1.80. The van der Waals surface area contributed by atoms with E-state index in [9.17, 15) is 27.9 Å². The van der Waals surface area contributed by atoms with Gasteiger partial charge in [0.15, 0.2) is 5.43 Å². The van der Waals surface area contributed by atoms with Crippen molar-refractivity contribution in [2.75, 3.05) is 6.61 Å². The fourth-order valence-corrected chi connectivity index (χ4v) is 2.82. The number of ether oxygens (including phenoxy) is 1. The van der Waals surface area contributed by atoms with Crippen molar-refractivity contribution in [2.24, 2.45) is 5.41 Å². The van der Waals surface area contributed by atoms with Crippen molar-refractivity contribution in [3.63, 3.8) is 0 Å². The van der Waals surface area contributed by atoms with Gasteiger partial charge in [0.25, 0.3) is 0 Å². The Bertz CT molecular complexity index is 1020. The molecule has 2 N–H and O–H groups in total. The summed E-state index contributed by atoms with van der Waals surface area (Å²) in [5, 5.41) is 17.6. The van der Waals surface area contributed by atoms with E-state index < -0.39 is 30.6 Å². The molecule has 0 aromatic carbocycles. The molecule has 1 heterocycles. The van der Waals surface area contributed by atoms with Crippen molar-refractivity contribution in [3.8, 4) is 0 Å². The summed E-state index contributed by atoms with van der Waals surface area (Å²) in [6.45, 7) is 7.16. The molecule has 168 valence electrons. The third kappa shape index (κ3) is 6.19. The van der Waals surface area contributed by atoms with Crippen molar-refractivity contribution in [1.29, 1.82) is 5.41 Å². The van der Waals surface area contributed by atoms with E-state index in [-0.39, 0.29) is 28.5 Å². The highest BCUT2D eigenvalue weighted by Crippen LogP contribution is 2.32. The highest BCUT2D eigenvalue weighted by molar-refractivity contribution is 6.14. The fourth-order valence-electron chi connectivity index (χ4n) is 2.82. The molecule has 1 aromatic heterocycles. The van der Waals surface area contributed by atoms with Crippen LogP contribution in [0.5, 0.6) is 0 Å². The van der Waals surface area contributed by atoms with E-state index in [1.165, 1.54) is 30.5 Å². The minimum atomic E-state index is -4.36. The molecule has 0 saturated carbocycles. The number of halogens is 3. The normalized spacial score (nSPS) is 16.9. The molecule has 6 nitrogen and oxygen atoms in total. The van der Waals surface area contributed by atoms with Crippen molar-refractivity contribution in [3.05, 3.63) is 63.3 Å². The van der Waals surface area contributed by atoms with Crippen molar-refractivity contribution in [1.82, 2.24) is 4.57 Å². The molecule has 0 amide bonds. The van der Waals surface area contributed by atoms with Crippen LogP contribution in [-0.2, 0) is 4.74 Å². The second-order valence-electron chi connectivity index (χ2n) is 8.31. The highest BCUT2D eigenvalue weighted by atomic mass is 19.4. The number of nitrogens with one attached hydrogen (secondary N) is 1. The quantitative estimate of drug-likeness (QED) is 0.655. The first kappa shape index (κ1) is 24.2. The Morgan fingerprint density at radius 1 is 1.32 bits per heavy atom. The second kappa shape index (κ2) is 8.95. The first-order valence-corrected chi connectivity index (χ1v) is 9.59. The number of hydrogen-bond donors (Lipinski definition) is 2. The van der Waals surface area contributed by atoms with Crippen LogP contribution in [0, 0.1) is 10.8 Å². The van der Waals surface area contributed by atoms with E-state index >= 15 is 0 Å². The number of nitrogens with zero attached hydrogens (tertiary/aromatic N) is 1. The number of pyridine rings is 1. The molecule has 1 atom stereocenters. The van der Waals surface area contributed by atoms with Gasteiger partial charge in [-0.2, -0.15) is 13.2 Å². The van der Waals surface area contributed by atoms with Gasteiger partial charge >= 0.3 is 12.1 Å². The Kier molecular flexibility index (Phi) is 6.98. The maximum absolute atomic E-state index is 12.4. The number of allylic oxidation sites excluding steroid dienone is 4. The van der Waals surface area contributed by atoms with E-state index in [1.54, 1.807) is 10.6 Å². The van der Waals surface area contributed by atoms with Crippen LogP contribution in [0.2, 0.25) is 0 Å². The lowest BCUT2D eigenvalue weighted by Crippen LogP contribution is -2.27. The molecule has 0 spiro atoms. The van der Waals surface area contributed by atoms with Crippen LogP contribution in [0.1, 0.15) is 56.2 Å². The highest BCUT2D eigenvalue weighted by Gasteiger charge is 2.28. The predicted octanol–water partition coefficient (Wildman–Crippen LogP) is 4.98. The summed E-state index contributed by atoms with van der Waals surface area (Å²) in [7, 11) is 0. The molecule has 1 unspecified atom stereocenters.